The van der Waals surface area contributed by atoms with E-state index in [4.69, 9.17) is 0 Å². The first-order chi connectivity index (χ1) is 9.47. The lowest BCUT2D eigenvalue weighted by atomic mass is 10.2. The Bertz CT molecular complexity index is 644. The van der Waals surface area contributed by atoms with Gasteiger partial charge in [-0.25, -0.2) is 4.98 Å². The molecule has 0 saturated heterocycles. The monoisotopic (exact) mass is 339 g/mol. The molecule has 1 N–H and O–H groups in total. The second-order valence-electron chi connectivity index (χ2n) is 4.05. The van der Waals surface area contributed by atoms with E-state index in [9.17, 15) is 14.9 Å². The molecule has 0 unspecified atom stereocenters. The summed E-state index contributed by atoms with van der Waals surface area (Å²) in [5.41, 5.74) is 0.0869. The van der Waals surface area contributed by atoms with E-state index in [0.717, 1.165) is 0 Å². The molecule has 0 aliphatic carbocycles. The molecule has 2 rings (SSSR count). The molecular weight excluding hydrogens is 330 g/mol. The normalized spacial score (nSPS) is 10.3. The summed E-state index contributed by atoms with van der Waals surface area (Å²) in [6, 6.07) is 4.11. The van der Waals surface area contributed by atoms with Gasteiger partial charge in [0.2, 0.25) is 0 Å². The fraction of sp³-hybridized carbons (Fsp3) is 0.182. The summed E-state index contributed by atoms with van der Waals surface area (Å²) in [6.07, 6.45) is 1.34. The molecule has 0 saturated carbocycles. The maximum Gasteiger partial charge on any atom is 0.271 e. The molecule has 1 heterocycles. The van der Waals surface area contributed by atoms with Crippen molar-refractivity contribution in [1.29, 1.82) is 0 Å². The SMILES string of the molecule is CN(Cc1ncn[nH]1)C(=O)c1cc(Br)cc([N+](=O)[O-])c1. The van der Waals surface area contributed by atoms with Crippen LogP contribution in [0.5, 0.6) is 0 Å². The Labute approximate surface area is 122 Å². The summed E-state index contributed by atoms with van der Waals surface area (Å²) in [6.45, 7) is 0.235. The van der Waals surface area contributed by atoms with Crippen molar-refractivity contribution in [3.8, 4) is 0 Å². The van der Waals surface area contributed by atoms with Crippen LogP contribution in [0.15, 0.2) is 29.0 Å². The molecule has 0 fully saturated rings. The standard InChI is InChI=1S/C11H10BrN5O3/c1-16(5-10-13-6-14-15-10)11(18)7-2-8(12)4-9(3-7)17(19)20/h2-4,6H,5H2,1H3,(H,13,14,15). The molecular formula is C11H10BrN5O3. The van der Waals surface area contributed by atoms with E-state index in [2.05, 4.69) is 31.1 Å². The van der Waals surface area contributed by atoms with Crippen molar-refractivity contribution < 1.29 is 9.72 Å². The average Bonchev–Trinajstić information content (AvgIpc) is 2.89. The highest BCUT2D eigenvalue weighted by Crippen LogP contribution is 2.22. The van der Waals surface area contributed by atoms with Gasteiger partial charge in [0.1, 0.15) is 12.2 Å². The molecule has 1 aromatic heterocycles. The smallest absolute Gasteiger partial charge is 0.271 e. The van der Waals surface area contributed by atoms with Gasteiger partial charge in [0, 0.05) is 29.2 Å². The molecule has 0 aliphatic heterocycles. The van der Waals surface area contributed by atoms with E-state index < -0.39 is 4.92 Å². The summed E-state index contributed by atoms with van der Waals surface area (Å²) in [5.74, 6) is 0.191. The summed E-state index contributed by atoms with van der Waals surface area (Å²) in [5, 5.41) is 17.1. The Morgan fingerprint density at radius 1 is 1.50 bits per heavy atom. The maximum atomic E-state index is 12.2. The number of nitrogens with zero attached hydrogens (tertiary/aromatic N) is 4. The fourth-order valence-electron chi connectivity index (χ4n) is 1.63. The van der Waals surface area contributed by atoms with Crippen molar-refractivity contribution in [1.82, 2.24) is 20.1 Å². The number of hydrogen-bond acceptors (Lipinski definition) is 5. The zero-order valence-electron chi connectivity index (χ0n) is 10.4. The number of aromatic nitrogens is 3. The summed E-state index contributed by atoms with van der Waals surface area (Å²) in [4.78, 5) is 27.8. The molecule has 1 aromatic carbocycles. The minimum absolute atomic E-state index is 0.143. The number of non-ortho nitro benzene ring substituents is 1. The van der Waals surface area contributed by atoms with Crippen LogP contribution in [0.25, 0.3) is 0 Å². The number of H-pyrrole nitrogens is 1. The van der Waals surface area contributed by atoms with Crippen LogP contribution in [0.1, 0.15) is 16.2 Å². The van der Waals surface area contributed by atoms with E-state index in [0.29, 0.717) is 10.3 Å². The van der Waals surface area contributed by atoms with Crippen LogP contribution in [-0.4, -0.2) is 38.0 Å². The van der Waals surface area contributed by atoms with E-state index >= 15 is 0 Å². The molecule has 0 spiro atoms. The van der Waals surface area contributed by atoms with Gasteiger partial charge in [-0.1, -0.05) is 15.9 Å². The molecule has 2 aromatic rings. The van der Waals surface area contributed by atoms with Gasteiger partial charge in [-0.3, -0.25) is 20.0 Å². The molecule has 1 amide bonds. The number of nitro benzene ring substituents is 1. The highest BCUT2D eigenvalue weighted by atomic mass is 79.9. The third-order valence-electron chi connectivity index (χ3n) is 2.54. The fourth-order valence-corrected chi connectivity index (χ4v) is 2.11. The number of carbonyl (C=O) groups excluding carboxylic acids is 1. The molecule has 0 atom stereocenters. The maximum absolute atomic E-state index is 12.2. The number of hydrogen-bond donors (Lipinski definition) is 1. The van der Waals surface area contributed by atoms with Crippen molar-refractivity contribution >= 4 is 27.5 Å². The zero-order chi connectivity index (χ0) is 14.7. The number of rotatable bonds is 4. The van der Waals surface area contributed by atoms with Crippen molar-refractivity contribution in [3.63, 3.8) is 0 Å². The molecule has 0 bridgehead atoms. The number of amides is 1. The number of nitrogens with one attached hydrogen (secondary N) is 1. The molecule has 20 heavy (non-hydrogen) atoms. The number of carbonyl (C=O) groups is 1. The van der Waals surface area contributed by atoms with Crippen LogP contribution in [0, 0.1) is 10.1 Å². The van der Waals surface area contributed by atoms with Crippen LogP contribution >= 0.6 is 15.9 Å². The van der Waals surface area contributed by atoms with Crippen molar-refractivity contribution in [2.45, 2.75) is 6.54 Å². The Morgan fingerprint density at radius 3 is 2.85 bits per heavy atom. The molecule has 8 nitrogen and oxygen atoms in total. The Balaban J connectivity index is 2.22. The van der Waals surface area contributed by atoms with Gasteiger partial charge in [-0.05, 0) is 6.07 Å². The van der Waals surface area contributed by atoms with Gasteiger partial charge in [-0.2, -0.15) is 5.10 Å². The Morgan fingerprint density at radius 2 is 2.25 bits per heavy atom. The predicted octanol–water partition coefficient (Wildman–Crippen LogP) is 1.75. The number of aromatic amines is 1. The van der Waals surface area contributed by atoms with Crippen molar-refractivity contribution in [3.05, 3.63) is 50.5 Å². The lowest BCUT2D eigenvalue weighted by molar-refractivity contribution is -0.385. The Hall–Kier alpha value is -2.29. The van der Waals surface area contributed by atoms with Crippen LogP contribution in [0.3, 0.4) is 0 Å². The summed E-state index contributed by atoms with van der Waals surface area (Å²) in [7, 11) is 1.58. The minimum Gasteiger partial charge on any atom is -0.334 e. The van der Waals surface area contributed by atoms with Gasteiger partial charge in [-0.15, -0.1) is 0 Å². The van der Waals surface area contributed by atoms with E-state index in [1.807, 2.05) is 0 Å². The first-order valence-electron chi connectivity index (χ1n) is 5.52. The first-order valence-corrected chi connectivity index (χ1v) is 6.31. The van der Waals surface area contributed by atoms with Crippen LogP contribution in [-0.2, 0) is 6.54 Å². The zero-order valence-corrected chi connectivity index (χ0v) is 12.0. The van der Waals surface area contributed by atoms with Crippen LogP contribution < -0.4 is 0 Å². The van der Waals surface area contributed by atoms with E-state index in [1.54, 1.807) is 7.05 Å². The highest BCUT2D eigenvalue weighted by molar-refractivity contribution is 9.10. The quantitative estimate of drug-likeness (QED) is 0.674. The second kappa shape index (κ2) is 5.78. The topological polar surface area (TPSA) is 105 Å². The van der Waals surface area contributed by atoms with Gasteiger partial charge >= 0.3 is 0 Å². The average molecular weight is 340 g/mol. The number of benzene rings is 1. The van der Waals surface area contributed by atoms with E-state index in [1.165, 1.54) is 29.4 Å². The lowest BCUT2D eigenvalue weighted by Gasteiger charge is -2.15. The van der Waals surface area contributed by atoms with Gasteiger partial charge < -0.3 is 4.90 Å². The van der Waals surface area contributed by atoms with Gasteiger partial charge in [0.25, 0.3) is 11.6 Å². The van der Waals surface area contributed by atoms with Gasteiger partial charge in [0.15, 0.2) is 0 Å². The summed E-state index contributed by atoms with van der Waals surface area (Å²) >= 11 is 3.16. The third-order valence-corrected chi connectivity index (χ3v) is 3.00. The lowest BCUT2D eigenvalue weighted by Crippen LogP contribution is -2.26. The van der Waals surface area contributed by atoms with Crippen molar-refractivity contribution in [2.24, 2.45) is 0 Å². The second-order valence-corrected chi connectivity index (χ2v) is 4.96. The molecule has 0 radical (unpaired) electrons. The molecule has 9 heteroatoms. The van der Waals surface area contributed by atoms with Gasteiger partial charge in [0.05, 0.1) is 11.5 Å². The molecule has 104 valence electrons. The van der Waals surface area contributed by atoms with Crippen molar-refractivity contribution in [2.75, 3.05) is 7.05 Å². The highest BCUT2D eigenvalue weighted by Gasteiger charge is 2.17. The van der Waals surface area contributed by atoms with Crippen LogP contribution in [0.4, 0.5) is 5.69 Å². The number of nitro groups is 1. The third kappa shape index (κ3) is 3.18. The molecule has 0 aliphatic rings. The minimum atomic E-state index is -0.544. The largest absolute Gasteiger partial charge is 0.334 e. The summed E-state index contributed by atoms with van der Waals surface area (Å²) < 4.78 is 0.475. The van der Waals surface area contributed by atoms with E-state index in [-0.39, 0.29) is 23.7 Å². The van der Waals surface area contributed by atoms with Crippen LogP contribution in [0.2, 0.25) is 0 Å². The number of halogens is 1. The first kappa shape index (κ1) is 14.1. The Kier molecular flexibility index (Phi) is 4.08. The predicted molar refractivity (Wildman–Crippen MR) is 73.0 cm³/mol.